The van der Waals surface area contributed by atoms with E-state index in [4.69, 9.17) is 4.74 Å². The van der Waals surface area contributed by atoms with Crippen LogP contribution in [0.3, 0.4) is 0 Å². The molecule has 2 saturated heterocycles. The maximum absolute atomic E-state index is 12.9. The highest BCUT2D eigenvalue weighted by atomic mass is 19.3. The molecule has 2 aliphatic rings. The Kier molecular flexibility index (Phi) is 3.81. The number of nitrogens with one attached hydrogen (secondary N) is 1. The Morgan fingerprint density at radius 2 is 1.82 bits per heavy atom. The van der Waals surface area contributed by atoms with E-state index in [9.17, 15) is 13.6 Å². The van der Waals surface area contributed by atoms with Gasteiger partial charge < -0.3 is 15.0 Å². The smallest absolute Gasteiger partial charge is 0.317 e. The molecule has 0 atom stereocenters. The van der Waals surface area contributed by atoms with Gasteiger partial charge in [0.25, 0.3) is 5.92 Å². The van der Waals surface area contributed by atoms with E-state index in [0.29, 0.717) is 13.2 Å². The van der Waals surface area contributed by atoms with Crippen LogP contribution in [0.1, 0.15) is 25.7 Å². The van der Waals surface area contributed by atoms with Crippen molar-refractivity contribution in [3.05, 3.63) is 0 Å². The van der Waals surface area contributed by atoms with Crippen LogP contribution in [0.4, 0.5) is 13.6 Å². The summed E-state index contributed by atoms with van der Waals surface area (Å²) in [5, 5.41) is 2.88. The molecular weight excluding hydrogens is 230 g/mol. The van der Waals surface area contributed by atoms with Crippen molar-refractivity contribution >= 4 is 6.03 Å². The van der Waals surface area contributed by atoms with Gasteiger partial charge in [-0.3, -0.25) is 0 Å². The lowest BCUT2D eigenvalue weighted by Crippen LogP contribution is -2.50. The number of halogens is 2. The Balaban J connectivity index is 1.76. The highest BCUT2D eigenvalue weighted by Crippen LogP contribution is 2.27. The molecule has 0 aromatic rings. The first-order valence-corrected chi connectivity index (χ1v) is 6.08. The number of nitrogens with zero attached hydrogens (tertiary/aromatic N) is 1. The summed E-state index contributed by atoms with van der Waals surface area (Å²) in [7, 11) is 0. The van der Waals surface area contributed by atoms with Crippen molar-refractivity contribution in [3.8, 4) is 0 Å². The van der Waals surface area contributed by atoms with Crippen LogP contribution in [0, 0.1) is 0 Å². The topological polar surface area (TPSA) is 41.6 Å². The van der Waals surface area contributed by atoms with Crippen LogP contribution in [0.2, 0.25) is 0 Å². The van der Waals surface area contributed by atoms with E-state index < -0.39 is 5.92 Å². The molecule has 0 bridgehead atoms. The van der Waals surface area contributed by atoms with E-state index >= 15 is 0 Å². The number of urea groups is 1. The number of carbonyl (C=O) groups excluding carboxylic acids is 1. The molecule has 6 heteroatoms. The van der Waals surface area contributed by atoms with Gasteiger partial charge in [0, 0.05) is 45.2 Å². The molecule has 0 aliphatic carbocycles. The van der Waals surface area contributed by atoms with Gasteiger partial charge in [0.2, 0.25) is 0 Å². The fraction of sp³-hybridized carbons (Fsp3) is 0.909. The van der Waals surface area contributed by atoms with Crippen LogP contribution < -0.4 is 5.32 Å². The molecule has 0 aromatic heterocycles. The summed E-state index contributed by atoms with van der Waals surface area (Å²) in [6, 6.07) is -0.0916. The maximum atomic E-state index is 12.9. The third kappa shape index (κ3) is 3.52. The van der Waals surface area contributed by atoms with Crippen LogP contribution >= 0.6 is 0 Å². The van der Waals surface area contributed by atoms with Gasteiger partial charge in [-0.15, -0.1) is 0 Å². The number of hydrogen-bond acceptors (Lipinski definition) is 2. The molecule has 98 valence electrons. The van der Waals surface area contributed by atoms with Crippen molar-refractivity contribution in [1.82, 2.24) is 10.2 Å². The Bertz CT molecular complexity index is 271. The third-order valence-corrected chi connectivity index (χ3v) is 3.33. The first kappa shape index (κ1) is 12.5. The number of likely N-dealkylation sites (tertiary alicyclic amines) is 1. The fourth-order valence-electron chi connectivity index (χ4n) is 2.14. The minimum atomic E-state index is -2.60. The normalized spacial score (nSPS) is 25.6. The van der Waals surface area contributed by atoms with Crippen molar-refractivity contribution in [2.45, 2.75) is 37.6 Å². The van der Waals surface area contributed by atoms with Gasteiger partial charge in [-0.25, -0.2) is 13.6 Å². The predicted molar refractivity (Wildman–Crippen MR) is 58.1 cm³/mol. The van der Waals surface area contributed by atoms with Crippen LogP contribution in [0.25, 0.3) is 0 Å². The second-order valence-corrected chi connectivity index (χ2v) is 4.68. The average Bonchev–Trinajstić information content (AvgIpc) is 2.30. The molecule has 2 rings (SSSR count). The quantitative estimate of drug-likeness (QED) is 0.766. The minimum Gasteiger partial charge on any atom is -0.381 e. The summed E-state index contributed by atoms with van der Waals surface area (Å²) in [5.41, 5.74) is 0. The molecule has 0 saturated carbocycles. The standard InChI is InChI=1S/C11H18F2N2O2/c12-11(13)3-5-15(6-4-11)10(16)14-9-1-7-17-8-2-9/h9H,1-8H2,(H,14,16). The van der Waals surface area contributed by atoms with E-state index in [2.05, 4.69) is 5.32 Å². The highest BCUT2D eigenvalue weighted by molar-refractivity contribution is 5.74. The van der Waals surface area contributed by atoms with Crippen molar-refractivity contribution in [2.75, 3.05) is 26.3 Å². The van der Waals surface area contributed by atoms with Crippen LogP contribution in [0.15, 0.2) is 0 Å². The molecule has 0 radical (unpaired) electrons. The molecule has 2 heterocycles. The zero-order valence-electron chi connectivity index (χ0n) is 9.75. The summed E-state index contributed by atoms with van der Waals surface area (Å²) in [6.07, 6.45) is 1.15. The van der Waals surface area contributed by atoms with Gasteiger partial charge in [0.15, 0.2) is 0 Å². The Labute approximate surface area is 99.3 Å². The maximum Gasteiger partial charge on any atom is 0.317 e. The number of carbonyl (C=O) groups is 1. The lowest BCUT2D eigenvalue weighted by molar-refractivity contribution is -0.0472. The highest BCUT2D eigenvalue weighted by Gasteiger charge is 2.35. The largest absolute Gasteiger partial charge is 0.381 e. The van der Waals surface area contributed by atoms with Gasteiger partial charge in [-0.1, -0.05) is 0 Å². The van der Waals surface area contributed by atoms with Crippen LogP contribution in [0.5, 0.6) is 0 Å². The number of ether oxygens (including phenoxy) is 1. The molecule has 4 nitrogen and oxygen atoms in total. The summed E-state index contributed by atoms with van der Waals surface area (Å²) in [6.45, 7) is 1.59. The molecule has 0 aromatic carbocycles. The minimum absolute atomic E-state index is 0.124. The molecular formula is C11H18F2N2O2. The summed E-state index contributed by atoms with van der Waals surface area (Å²) >= 11 is 0. The van der Waals surface area contributed by atoms with Crippen LogP contribution in [-0.4, -0.2) is 49.2 Å². The van der Waals surface area contributed by atoms with Crippen molar-refractivity contribution in [2.24, 2.45) is 0 Å². The van der Waals surface area contributed by atoms with Crippen molar-refractivity contribution < 1.29 is 18.3 Å². The molecule has 2 amide bonds. The number of alkyl halides is 2. The predicted octanol–water partition coefficient (Wildman–Crippen LogP) is 1.61. The van der Waals surface area contributed by atoms with Crippen molar-refractivity contribution in [3.63, 3.8) is 0 Å². The summed E-state index contributed by atoms with van der Waals surface area (Å²) in [5.74, 6) is -2.60. The van der Waals surface area contributed by atoms with Gasteiger partial charge in [-0.05, 0) is 12.8 Å². The van der Waals surface area contributed by atoms with E-state index in [1.807, 2.05) is 0 Å². The van der Waals surface area contributed by atoms with E-state index in [1.165, 1.54) is 4.90 Å². The SMILES string of the molecule is O=C(NC1CCOCC1)N1CCC(F)(F)CC1. The summed E-state index contributed by atoms with van der Waals surface area (Å²) < 4.78 is 31.0. The van der Waals surface area contributed by atoms with E-state index in [1.54, 1.807) is 0 Å². The molecule has 2 aliphatic heterocycles. The Morgan fingerprint density at radius 3 is 2.41 bits per heavy atom. The number of rotatable bonds is 1. The monoisotopic (exact) mass is 248 g/mol. The zero-order valence-corrected chi connectivity index (χ0v) is 9.75. The first-order chi connectivity index (χ1) is 8.07. The van der Waals surface area contributed by atoms with Crippen LogP contribution in [-0.2, 0) is 4.74 Å². The molecule has 0 unspecified atom stereocenters. The van der Waals surface area contributed by atoms with Crippen molar-refractivity contribution in [1.29, 1.82) is 0 Å². The summed E-state index contributed by atoms with van der Waals surface area (Å²) in [4.78, 5) is 13.3. The number of piperidine rings is 1. The first-order valence-electron chi connectivity index (χ1n) is 6.08. The second kappa shape index (κ2) is 5.16. The lowest BCUT2D eigenvalue weighted by Gasteiger charge is -2.33. The average molecular weight is 248 g/mol. The fourth-order valence-corrected chi connectivity index (χ4v) is 2.14. The van der Waals surface area contributed by atoms with Gasteiger partial charge in [0.1, 0.15) is 0 Å². The molecule has 1 N–H and O–H groups in total. The second-order valence-electron chi connectivity index (χ2n) is 4.68. The number of amides is 2. The Hall–Kier alpha value is -0.910. The van der Waals surface area contributed by atoms with Gasteiger partial charge >= 0.3 is 6.03 Å². The number of hydrogen-bond donors (Lipinski definition) is 1. The van der Waals surface area contributed by atoms with E-state index in [-0.39, 0.29) is 38.0 Å². The van der Waals surface area contributed by atoms with Gasteiger partial charge in [-0.2, -0.15) is 0 Å². The lowest BCUT2D eigenvalue weighted by atomic mass is 10.1. The molecule has 17 heavy (non-hydrogen) atoms. The van der Waals surface area contributed by atoms with E-state index in [0.717, 1.165) is 12.8 Å². The molecule has 0 spiro atoms. The zero-order chi connectivity index (χ0) is 12.3. The third-order valence-electron chi connectivity index (χ3n) is 3.33. The van der Waals surface area contributed by atoms with Gasteiger partial charge in [0.05, 0.1) is 0 Å². The Morgan fingerprint density at radius 1 is 1.24 bits per heavy atom. The molecule has 2 fully saturated rings.